The lowest BCUT2D eigenvalue weighted by Gasteiger charge is -2.29. The number of benzene rings is 1. The van der Waals surface area contributed by atoms with Crippen LogP contribution in [0, 0.1) is 10.8 Å². The van der Waals surface area contributed by atoms with E-state index in [9.17, 15) is 4.79 Å². The lowest BCUT2D eigenvalue weighted by Crippen LogP contribution is -2.49. The highest BCUT2D eigenvalue weighted by Gasteiger charge is 2.23. The number of carbonyl (C=O) groups excluding carboxylic acids is 1. The molecule has 0 spiro atoms. The third kappa shape index (κ3) is 5.26. The normalized spacial score (nSPS) is 19.4. The standard InChI is InChI=1S/C19H24N8O2/c20-13-6-1-2-7-14(13)26-19(23)27-17(15(21)16(22)28)25-12-5-3-4-11(10-12)18-24-8-9-29-18/h3-5,8-10,13-14,21H,1-2,6-7,20H2,(H2,22,28)(H3,23,25,26,27)/t13-,14+/m0/s1. The average molecular weight is 396 g/mol. The summed E-state index contributed by atoms with van der Waals surface area (Å²) in [4.78, 5) is 19.7. The minimum absolute atomic E-state index is 0.0659. The first kappa shape index (κ1) is 20.2. The molecule has 10 heteroatoms. The molecule has 2 atom stereocenters. The van der Waals surface area contributed by atoms with Crippen molar-refractivity contribution >= 4 is 29.1 Å². The highest BCUT2D eigenvalue weighted by atomic mass is 16.3. The molecule has 29 heavy (non-hydrogen) atoms. The summed E-state index contributed by atoms with van der Waals surface area (Å²) in [5.74, 6) is -0.853. The van der Waals surface area contributed by atoms with Gasteiger partial charge in [-0.25, -0.2) is 4.98 Å². The van der Waals surface area contributed by atoms with E-state index in [0.29, 0.717) is 17.1 Å². The zero-order valence-electron chi connectivity index (χ0n) is 15.8. The number of aromatic nitrogens is 1. The molecule has 2 aromatic rings. The number of rotatable bonds is 5. The fourth-order valence-electron chi connectivity index (χ4n) is 3.15. The molecule has 0 unspecified atom stereocenters. The number of carbonyl (C=O) groups is 1. The maximum atomic E-state index is 11.5. The van der Waals surface area contributed by atoms with Crippen molar-refractivity contribution in [2.45, 2.75) is 37.8 Å². The fourth-order valence-corrected chi connectivity index (χ4v) is 3.15. The molecule has 1 aliphatic carbocycles. The van der Waals surface area contributed by atoms with Crippen LogP contribution in [0.2, 0.25) is 0 Å². The minimum atomic E-state index is -0.956. The van der Waals surface area contributed by atoms with Crippen LogP contribution in [-0.2, 0) is 4.79 Å². The van der Waals surface area contributed by atoms with Crippen molar-refractivity contribution in [3.05, 3.63) is 36.7 Å². The monoisotopic (exact) mass is 396 g/mol. The van der Waals surface area contributed by atoms with Gasteiger partial charge in [0.15, 0.2) is 11.5 Å². The van der Waals surface area contributed by atoms with E-state index >= 15 is 0 Å². The van der Waals surface area contributed by atoms with Crippen molar-refractivity contribution in [1.82, 2.24) is 10.3 Å². The second-order valence-electron chi connectivity index (χ2n) is 6.79. The number of nitrogens with one attached hydrogen (secondary N) is 4. The van der Waals surface area contributed by atoms with Crippen LogP contribution in [0.5, 0.6) is 0 Å². The number of oxazole rings is 1. The van der Waals surface area contributed by atoms with E-state index in [1.54, 1.807) is 24.3 Å². The summed E-state index contributed by atoms with van der Waals surface area (Å²) in [6.07, 6.45) is 6.81. The molecule has 1 aromatic heterocycles. The molecule has 0 bridgehead atoms. The van der Waals surface area contributed by atoms with Crippen LogP contribution >= 0.6 is 0 Å². The lowest BCUT2D eigenvalue weighted by molar-refractivity contribution is -0.111. The smallest absolute Gasteiger partial charge is 0.270 e. The Morgan fingerprint density at radius 1 is 1.28 bits per heavy atom. The molecule has 0 radical (unpaired) electrons. The summed E-state index contributed by atoms with van der Waals surface area (Å²) in [6.45, 7) is 0. The van der Waals surface area contributed by atoms with Crippen LogP contribution in [0.3, 0.4) is 0 Å². The minimum Gasteiger partial charge on any atom is -0.445 e. The van der Waals surface area contributed by atoms with E-state index in [4.69, 9.17) is 26.7 Å². The van der Waals surface area contributed by atoms with E-state index < -0.39 is 11.6 Å². The van der Waals surface area contributed by atoms with E-state index in [1.807, 2.05) is 0 Å². The largest absolute Gasteiger partial charge is 0.445 e. The second kappa shape index (κ2) is 9.11. The van der Waals surface area contributed by atoms with Crippen LogP contribution in [-0.4, -0.2) is 40.5 Å². The van der Waals surface area contributed by atoms with Crippen LogP contribution in [0.1, 0.15) is 25.7 Å². The van der Waals surface area contributed by atoms with Gasteiger partial charge in [0.1, 0.15) is 6.26 Å². The zero-order chi connectivity index (χ0) is 20.8. The Morgan fingerprint density at radius 3 is 2.76 bits per heavy atom. The summed E-state index contributed by atoms with van der Waals surface area (Å²) in [7, 11) is 0. The quantitative estimate of drug-likeness (QED) is 0.329. The van der Waals surface area contributed by atoms with Crippen LogP contribution in [0.4, 0.5) is 5.69 Å². The number of aliphatic imine (C=N–C) groups is 1. The third-order valence-electron chi connectivity index (χ3n) is 4.65. The van der Waals surface area contributed by atoms with Crippen molar-refractivity contribution in [1.29, 1.82) is 10.8 Å². The number of hydrogen-bond donors (Lipinski definition) is 6. The predicted octanol–water partition coefficient (Wildman–Crippen LogP) is 1.45. The molecule has 3 rings (SSSR count). The molecule has 1 fully saturated rings. The van der Waals surface area contributed by atoms with E-state index in [1.165, 1.54) is 12.5 Å². The fraction of sp³-hybridized carbons (Fsp3) is 0.316. The van der Waals surface area contributed by atoms with Crippen molar-refractivity contribution < 1.29 is 9.21 Å². The van der Waals surface area contributed by atoms with Gasteiger partial charge >= 0.3 is 0 Å². The lowest BCUT2D eigenvalue weighted by atomic mass is 9.91. The van der Waals surface area contributed by atoms with Gasteiger partial charge in [0.05, 0.1) is 6.20 Å². The number of primary amides is 1. The van der Waals surface area contributed by atoms with Crippen molar-refractivity contribution in [2.24, 2.45) is 16.5 Å². The number of anilines is 1. The van der Waals surface area contributed by atoms with Crippen LogP contribution in [0.25, 0.3) is 11.5 Å². The maximum absolute atomic E-state index is 11.5. The van der Waals surface area contributed by atoms with Gasteiger partial charge in [-0.2, -0.15) is 4.99 Å². The Labute approximate surface area is 167 Å². The van der Waals surface area contributed by atoms with Crippen LogP contribution in [0.15, 0.2) is 46.1 Å². The van der Waals surface area contributed by atoms with Gasteiger partial charge in [-0.1, -0.05) is 18.9 Å². The third-order valence-corrected chi connectivity index (χ3v) is 4.65. The molecule has 8 N–H and O–H groups in total. The molecule has 1 aliphatic rings. The number of nitrogens with two attached hydrogens (primary N) is 2. The predicted molar refractivity (Wildman–Crippen MR) is 111 cm³/mol. The average Bonchev–Trinajstić information content (AvgIpc) is 3.24. The highest BCUT2D eigenvalue weighted by Crippen LogP contribution is 2.21. The number of amides is 1. The van der Waals surface area contributed by atoms with Gasteiger partial charge in [0.2, 0.25) is 11.9 Å². The zero-order valence-corrected chi connectivity index (χ0v) is 15.8. The molecule has 0 saturated heterocycles. The Bertz CT molecular complexity index is 922. The Morgan fingerprint density at radius 2 is 2.07 bits per heavy atom. The number of hydrogen-bond acceptors (Lipinski definition) is 6. The maximum Gasteiger partial charge on any atom is 0.270 e. The van der Waals surface area contributed by atoms with Gasteiger partial charge in [0.25, 0.3) is 5.91 Å². The molecule has 152 valence electrons. The van der Waals surface area contributed by atoms with E-state index in [-0.39, 0.29) is 23.9 Å². The van der Waals surface area contributed by atoms with Crippen molar-refractivity contribution in [2.75, 3.05) is 5.32 Å². The van der Waals surface area contributed by atoms with Gasteiger partial charge in [-0.3, -0.25) is 15.6 Å². The summed E-state index contributed by atoms with van der Waals surface area (Å²) >= 11 is 0. The summed E-state index contributed by atoms with van der Waals surface area (Å²) in [5, 5.41) is 21.9. The molecule has 1 saturated carbocycles. The number of nitrogens with zero attached hydrogens (tertiary/aromatic N) is 2. The highest BCUT2D eigenvalue weighted by molar-refractivity contribution is 6.67. The Hall–Kier alpha value is -3.53. The Balaban J connectivity index is 1.79. The van der Waals surface area contributed by atoms with Gasteiger partial charge < -0.3 is 26.5 Å². The first-order chi connectivity index (χ1) is 13.9. The SMILES string of the molecule is N=C(/N=C(/Nc1cccc(-c2ncco2)c1)C(=N)C(N)=O)N[C@@H]1CCCC[C@@H]1N. The molecule has 1 aromatic carbocycles. The Kier molecular flexibility index (Phi) is 6.35. The number of guanidine groups is 1. The first-order valence-corrected chi connectivity index (χ1v) is 9.29. The summed E-state index contributed by atoms with van der Waals surface area (Å²) in [6, 6.07) is 6.88. The molecule has 0 aliphatic heterocycles. The van der Waals surface area contributed by atoms with Gasteiger partial charge in [-0.05, 0) is 31.0 Å². The second-order valence-corrected chi connectivity index (χ2v) is 6.79. The van der Waals surface area contributed by atoms with E-state index in [2.05, 4.69) is 20.6 Å². The summed E-state index contributed by atoms with van der Waals surface area (Å²) < 4.78 is 5.28. The first-order valence-electron chi connectivity index (χ1n) is 9.29. The van der Waals surface area contributed by atoms with Crippen LogP contribution < -0.4 is 22.1 Å². The molecule has 1 amide bonds. The molecular formula is C19H24N8O2. The topological polar surface area (TPSA) is 179 Å². The molecular weight excluding hydrogens is 372 g/mol. The van der Waals surface area contributed by atoms with E-state index in [0.717, 1.165) is 25.7 Å². The molecule has 1 heterocycles. The van der Waals surface area contributed by atoms with Crippen molar-refractivity contribution in [3.63, 3.8) is 0 Å². The molecule has 10 nitrogen and oxygen atoms in total. The number of amidine groups is 1. The van der Waals surface area contributed by atoms with Crippen molar-refractivity contribution in [3.8, 4) is 11.5 Å². The summed E-state index contributed by atoms with van der Waals surface area (Å²) in [5.41, 5.74) is 12.1. The van der Waals surface area contributed by atoms with Gasteiger partial charge in [0, 0.05) is 23.3 Å². The van der Waals surface area contributed by atoms with Gasteiger partial charge in [-0.15, -0.1) is 0 Å².